The molecule has 0 aliphatic carbocycles. The van der Waals surface area contributed by atoms with Crippen LogP contribution in [0.2, 0.25) is 10.0 Å². The molecule has 0 spiro atoms. The van der Waals surface area contributed by atoms with E-state index in [-0.39, 0.29) is 0 Å². The molecule has 0 unspecified atom stereocenters. The van der Waals surface area contributed by atoms with Gasteiger partial charge in [-0.25, -0.2) is 0 Å². The Bertz CT molecular complexity index is 579. The molecule has 0 amide bonds. The molecule has 19 heavy (non-hydrogen) atoms. The van der Waals surface area contributed by atoms with Crippen LogP contribution in [-0.2, 0) is 0 Å². The van der Waals surface area contributed by atoms with Gasteiger partial charge in [-0.2, -0.15) is 4.98 Å². The van der Waals surface area contributed by atoms with Crippen LogP contribution in [-0.4, -0.2) is 23.2 Å². The van der Waals surface area contributed by atoms with E-state index in [2.05, 4.69) is 15.5 Å². The Morgan fingerprint density at radius 3 is 2.89 bits per heavy atom. The van der Waals surface area contributed by atoms with Gasteiger partial charge in [0.2, 0.25) is 11.7 Å². The molecule has 1 saturated heterocycles. The molecule has 4 nitrogen and oxygen atoms in total. The number of hydrogen-bond acceptors (Lipinski definition) is 4. The fraction of sp³-hybridized carbons (Fsp3) is 0.385. The summed E-state index contributed by atoms with van der Waals surface area (Å²) < 4.78 is 5.35. The first-order valence-corrected chi connectivity index (χ1v) is 6.99. The second-order valence-electron chi connectivity index (χ2n) is 4.63. The van der Waals surface area contributed by atoms with Gasteiger partial charge in [0.1, 0.15) is 0 Å². The van der Waals surface area contributed by atoms with Crippen LogP contribution < -0.4 is 5.32 Å². The van der Waals surface area contributed by atoms with Gasteiger partial charge < -0.3 is 9.84 Å². The van der Waals surface area contributed by atoms with Gasteiger partial charge in [-0.1, -0.05) is 28.4 Å². The minimum absolute atomic E-state index is 0.303. The Labute approximate surface area is 121 Å². The summed E-state index contributed by atoms with van der Waals surface area (Å²) >= 11 is 11.9. The minimum atomic E-state index is 0.303. The molecule has 6 heteroatoms. The van der Waals surface area contributed by atoms with Crippen molar-refractivity contribution in [3.63, 3.8) is 0 Å². The second-order valence-corrected chi connectivity index (χ2v) is 5.44. The third kappa shape index (κ3) is 2.76. The molecular weight excluding hydrogens is 285 g/mol. The summed E-state index contributed by atoms with van der Waals surface area (Å²) in [6.45, 7) is 1.95. The summed E-state index contributed by atoms with van der Waals surface area (Å²) in [5.74, 6) is 1.55. The van der Waals surface area contributed by atoms with Crippen molar-refractivity contribution in [2.45, 2.75) is 18.8 Å². The molecule has 1 aliphatic rings. The molecule has 0 saturated carbocycles. The molecule has 1 N–H and O–H groups in total. The smallest absolute Gasteiger partial charge is 0.231 e. The maximum atomic E-state index is 5.99. The lowest BCUT2D eigenvalue weighted by molar-refractivity contribution is 0.322. The second kappa shape index (κ2) is 5.49. The van der Waals surface area contributed by atoms with Gasteiger partial charge in [0.15, 0.2) is 0 Å². The predicted molar refractivity (Wildman–Crippen MR) is 74.6 cm³/mol. The lowest BCUT2D eigenvalue weighted by Gasteiger charge is -2.18. The van der Waals surface area contributed by atoms with Crippen molar-refractivity contribution in [3.8, 4) is 11.4 Å². The zero-order chi connectivity index (χ0) is 13.2. The average Bonchev–Trinajstić information content (AvgIpc) is 2.93. The number of benzene rings is 1. The summed E-state index contributed by atoms with van der Waals surface area (Å²) in [4.78, 5) is 4.46. The molecule has 1 aromatic heterocycles. The van der Waals surface area contributed by atoms with E-state index in [4.69, 9.17) is 27.7 Å². The molecule has 1 atom stereocenters. The van der Waals surface area contributed by atoms with E-state index in [1.807, 2.05) is 6.07 Å². The molecule has 0 bridgehead atoms. The monoisotopic (exact) mass is 297 g/mol. The number of aromatic nitrogens is 2. The van der Waals surface area contributed by atoms with E-state index < -0.39 is 0 Å². The minimum Gasteiger partial charge on any atom is -0.339 e. The van der Waals surface area contributed by atoms with E-state index in [0.717, 1.165) is 31.5 Å². The van der Waals surface area contributed by atoms with Crippen LogP contribution in [0, 0.1) is 0 Å². The van der Waals surface area contributed by atoms with Crippen LogP contribution in [0.1, 0.15) is 24.7 Å². The highest BCUT2D eigenvalue weighted by Gasteiger charge is 2.21. The molecule has 1 aliphatic heterocycles. The lowest BCUT2D eigenvalue weighted by Crippen LogP contribution is -2.28. The van der Waals surface area contributed by atoms with Crippen LogP contribution in [0.3, 0.4) is 0 Å². The summed E-state index contributed by atoms with van der Waals surface area (Å²) in [6, 6.07) is 5.32. The first-order valence-electron chi connectivity index (χ1n) is 6.24. The fourth-order valence-corrected chi connectivity index (χ4v) is 2.51. The normalized spacial score (nSPS) is 19.6. The fourth-order valence-electron chi connectivity index (χ4n) is 2.22. The topological polar surface area (TPSA) is 51.0 Å². The molecule has 100 valence electrons. The predicted octanol–water partition coefficient (Wildman–Crippen LogP) is 3.51. The highest BCUT2D eigenvalue weighted by atomic mass is 35.5. The number of rotatable bonds is 2. The lowest BCUT2D eigenvalue weighted by atomic mass is 10.00. The van der Waals surface area contributed by atoms with Crippen LogP contribution in [0.15, 0.2) is 22.7 Å². The Kier molecular flexibility index (Phi) is 3.73. The Hall–Kier alpha value is -1.10. The quantitative estimate of drug-likeness (QED) is 0.921. The third-order valence-corrected chi connectivity index (χ3v) is 4.00. The Balaban J connectivity index is 1.85. The van der Waals surface area contributed by atoms with Gasteiger partial charge in [-0.05, 0) is 37.6 Å². The standard InChI is InChI=1S/C13H13Cl2N3O/c14-10-4-3-8(6-11(10)15)12-17-13(19-18-12)9-2-1-5-16-7-9/h3-4,6,9,16H,1-2,5,7H2/t9-/m0/s1. The van der Waals surface area contributed by atoms with Crippen molar-refractivity contribution in [3.05, 3.63) is 34.1 Å². The first-order chi connectivity index (χ1) is 9.24. The van der Waals surface area contributed by atoms with Gasteiger partial charge in [-0.3, -0.25) is 0 Å². The van der Waals surface area contributed by atoms with E-state index in [1.165, 1.54) is 0 Å². The highest BCUT2D eigenvalue weighted by Crippen LogP contribution is 2.28. The molecule has 3 rings (SSSR count). The third-order valence-electron chi connectivity index (χ3n) is 3.27. The zero-order valence-corrected chi connectivity index (χ0v) is 11.7. The summed E-state index contributed by atoms with van der Waals surface area (Å²) in [5.41, 5.74) is 0.813. The van der Waals surface area contributed by atoms with Gasteiger partial charge in [0, 0.05) is 12.1 Å². The molecule has 2 aromatic rings. The molecule has 0 radical (unpaired) electrons. The Morgan fingerprint density at radius 2 is 2.16 bits per heavy atom. The van der Waals surface area contributed by atoms with Crippen molar-refractivity contribution in [2.75, 3.05) is 13.1 Å². The van der Waals surface area contributed by atoms with Crippen molar-refractivity contribution in [1.29, 1.82) is 0 Å². The van der Waals surface area contributed by atoms with Crippen molar-refractivity contribution in [1.82, 2.24) is 15.5 Å². The molecule has 1 aromatic carbocycles. The maximum Gasteiger partial charge on any atom is 0.231 e. The van der Waals surface area contributed by atoms with Crippen LogP contribution in [0.4, 0.5) is 0 Å². The summed E-state index contributed by atoms with van der Waals surface area (Å²) in [7, 11) is 0. The van der Waals surface area contributed by atoms with Gasteiger partial charge in [-0.15, -0.1) is 0 Å². The van der Waals surface area contributed by atoms with Crippen LogP contribution in [0.25, 0.3) is 11.4 Å². The molecule has 1 fully saturated rings. The van der Waals surface area contributed by atoms with Crippen molar-refractivity contribution in [2.24, 2.45) is 0 Å². The van der Waals surface area contributed by atoms with Crippen molar-refractivity contribution >= 4 is 23.2 Å². The largest absolute Gasteiger partial charge is 0.339 e. The Morgan fingerprint density at radius 1 is 1.26 bits per heavy atom. The number of halogens is 2. The SMILES string of the molecule is Clc1ccc(-c2noc([C@H]3CCCNC3)n2)cc1Cl. The van der Waals surface area contributed by atoms with E-state index in [0.29, 0.717) is 27.7 Å². The van der Waals surface area contributed by atoms with Crippen molar-refractivity contribution < 1.29 is 4.52 Å². The number of nitrogens with one attached hydrogen (secondary N) is 1. The number of piperidine rings is 1. The summed E-state index contributed by atoms with van der Waals surface area (Å²) in [5, 5.41) is 8.36. The number of hydrogen-bond donors (Lipinski definition) is 1. The van der Waals surface area contributed by atoms with Crippen LogP contribution >= 0.6 is 23.2 Å². The van der Waals surface area contributed by atoms with Crippen LogP contribution in [0.5, 0.6) is 0 Å². The van der Waals surface area contributed by atoms with E-state index >= 15 is 0 Å². The van der Waals surface area contributed by atoms with Gasteiger partial charge in [0.25, 0.3) is 0 Å². The molecular formula is C13H13Cl2N3O. The van der Waals surface area contributed by atoms with E-state index in [1.54, 1.807) is 12.1 Å². The maximum absolute atomic E-state index is 5.99. The van der Waals surface area contributed by atoms with Gasteiger partial charge in [0.05, 0.1) is 16.0 Å². The average molecular weight is 298 g/mol. The van der Waals surface area contributed by atoms with Gasteiger partial charge >= 0.3 is 0 Å². The van der Waals surface area contributed by atoms with E-state index in [9.17, 15) is 0 Å². The molecule has 2 heterocycles. The number of nitrogens with zero attached hydrogens (tertiary/aromatic N) is 2. The highest BCUT2D eigenvalue weighted by molar-refractivity contribution is 6.42. The summed E-state index contributed by atoms with van der Waals surface area (Å²) in [6.07, 6.45) is 2.21. The zero-order valence-electron chi connectivity index (χ0n) is 10.2. The first kappa shape index (κ1) is 12.9.